The Morgan fingerprint density at radius 1 is 0.475 bits per heavy atom. The van der Waals surface area contributed by atoms with Gasteiger partial charge in [-0.1, -0.05) is 94.2 Å². The molecule has 320 valence electrons. The summed E-state index contributed by atoms with van der Waals surface area (Å²) < 4.78 is 46.1. The number of ether oxygens (including phenoxy) is 8. The van der Waals surface area contributed by atoms with Gasteiger partial charge in [-0.15, -0.1) is 0 Å². The molecule has 12 heteroatoms. The molecule has 4 aromatic rings. The van der Waals surface area contributed by atoms with Gasteiger partial charge in [-0.25, -0.2) is 14.4 Å². The van der Waals surface area contributed by atoms with Crippen molar-refractivity contribution in [1.82, 2.24) is 0 Å². The molecule has 1 aliphatic rings. The monoisotopic (exact) mass is 832 g/mol. The maximum absolute atomic E-state index is 12.3. The van der Waals surface area contributed by atoms with Crippen LogP contribution in [0.3, 0.4) is 0 Å². The molecule has 4 aromatic carbocycles. The van der Waals surface area contributed by atoms with Gasteiger partial charge < -0.3 is 37.9 Å². The van der Waals surface area contributed by atoms with Crippen LogP contribution in [0.4, 0.5) is 0 Å². The van der Waals surface area contributed by atoms with Crippen LogP contribution in [0.25, 0.3) is 11.1 Å². The Morgan fingerprint density at radius 3 is 1.18 bits per heavy atom. The molecule has 0 spiro atoms. The zero-order valence-electron chi connectivity index (χ0n) is 35.3. The predicted octanol–water partition coefficient (Wildman–Crippen LogP) is 8.12. The van der Waals surface area contributed by atoms with E-state index in [9.17, 15) is 19.2 Å². The number of carbonyl (C=O) groups excluding carboxylic acids is 4. The molecule has 1 aliphatic carbocycles. The molecule has 61 heavy (non-hydrogen) atoms. The highest BCUT2D eigenvalue weighted by molar-refractivity contribution is 5.88. The lowest BCUT2D eigenvalue weighted by molar-refractivity contribution is -0.148. The third-order valence-electron chi connectivity index (χ3n) is 9.53. The normalized spacial score (nSPS) is 12.0. The fraction of sp³-hybridized carbons (Fsp3) is 0.306. The van der Waals surface area contributed by atoms with Crippen molar-refractivity contribution in [3.63, 3.8) is 0 Å². The Kier molecular flexibility index (Phi) is 15.5. The van der Waals surface area contributed by atoms with E-state index in [1.807, 2.05) is 48.5 Å². The van der Waals surface area contributed by atoms with Crippen molar-refractivity contribution < 1.29 is 57.1 Å². The quantitative estimate of drug-likeness (QED) is 0.0288. The Labute approximate surface area is 356 Å². The van der Waals surface area contributed by atoms with E-state index in [0.717, 1.165) is 33.4 Å². The fourth-order valence-electron chi connectivity index (χ4n) is 6.66. The Bertz CT molecular complexity index is 2240. The van der Waals surface area contributed by atoms with Crippen molar-refractivity contribution >= 4 is 23.9 Å². The zero-order chi connectivity index (χ0) is 44.1. The molecule has 0 heterocycles. The number of hydrogen-bond acceptors (Lipinski definition) is 12. The first kappa shape index (κ1) is 45.3. The molecule has 12 nitrogen and oxygen atoms in total. The molecule has 5 rings (SSSR count). The number of fused-ring (bicyclic) bond motifs is 3. The Hall–Kier alpha value is -6.82. The van der Waals surface area contributed by atoms with Gasteiger partial charge in [-0.3, -0.25) is 4.79 Å². The van der Waals surface area contributed by atoms with E-state index in [1.165, 1.54) is 0 Å². The summed E-state index contributed by atoms with van der Waals surface area (Å²) in [5.74, 6) is -0.783. The molecule has 0 radical (unpaired) electrons. The van der Waals surface area contributed by atoms with Crippen LogP contribution in [0.1, 0.15) is 56.9 Å². The first-order chi connectivity index (χ1) is 29.2. The minimum Gasteiger partial charge on any atom is -0.486 e. The molecule has 0 saturated heterocycles. The van der Waals surface area contributed by atoms with Crippen molar-refractivity contribution in [2.24, 2.45) is 5.92 Å². The van der Waals surface area contributed by atoms with Crippen molar-refractivity contribution in [2.45, 2.75) is 40.0 Å². The molecule has 0 aromatic heterocycles. The van der Waals surface area contributed by atoms with Gasteiger partial charge in [0.1, 0.15) is 52.9 Å². The van der Waals surface area contributed by atoms with E-state index < -0.39 is 23.3 Å². The number of esters is 4. The number of rotatable bonds is 22. The lowest BCUT2D eigenvalue weighted by Crippen LogP contribution is -2.29. The van der Waals surface area contributed by atoms with Crippen LogP contribution < -0.4 is 18.9 Å². The Morgan fingerprint density at radius 2 is 0.820 bits per heavy atom. The first-order valence-electron chi connectivity index (χ1n) is 19.9. The summed E-state index contributed by atoms with van der Waals surface area (Å²) >= 11 is 0. The van der Waals surface area contributed by atoms with E-state index in [2.05, 4.69) is 44.0 Å². The molecule has 0 aliphatic heterocycles. The van der Waals surface area contributed by atoms with Gasteiger partial charge in [0.15, 0.2) is 23.0 Å². The van der Waals surface area contributed by atoms with Gasteiger partial charge >= 0.3 is 23.9 Å². The molecule has 0 bridgehead atoms. The molecule has 0 unspecified atom stereocenters. The molecule has 0 fully saturated rings. The van der Waals surface area contributed by atoms with Crippen LogP contribution in [0.5, 0.6) is 23.0 Å². The van der Waals surface area contributed by atoms with Gasteiger partial charge in [0, 0.05) is 16.7 Å². The topological polar surface area (TPSA) is 142 Å². The van der Waals surface area contributed by atoms with Crippen LogP contribution in [-0.4, -0.2) is 76.7 Å². The van der Waals surface area contributed by atoms with Crippen LogP contribution >= 0.6 is 0 Å². The molecule has 0 saturated carbocycles. The molecule has 0 N–H and O–H groups in total. The largest absolute Gasteiger partial charge is 0.486 e. The van der Waals surface area contributed by atoms with Crippen molar-refractivity contribution in [3.05, 3.63) is 144 Å². The third kappa shape index (κ3) is 10.9. The SMILES string of the molecule is C=C(C)C(=O)OCCOc1ccc(C2(c3ccc(OCCOC(=O)C(=C)C)c(OCCOC(=O)C(C)C)c3)c3ccccc3-c3ccccc32)cc1OCCOC(=O)C(=C)C. The average molecular weight is 833 g/mol. The maximum Gasteiger partial charge on any atom is 0.333 e. The summed E-state index contributed by atoms with van der Waals surface area (Å²) in [4.78, 5) is 48.5. The summed E-state index contributed by atoms with van der Waals surface area (Å²) in [5.41, 5.74) is 5.46. The second kappa shape index (κ2) is 20.9. The average Bonchev–Trinajstić information content (AvgIpc) is 3.55. The van der Waals surface area contributed by atoms with Crippen molar-refractivity contribution in [1.29, 1.82) is 0 Å². The van der Waals surface area contributed by atoms with Gasteiger partial charge in [-0.2, -0.15) is 0 Å². The Balaban J connectivity index is 1.61. The zero-order valence-corrected chi connectivity index (χ0v) is 35.3. The molecular formula is C49H52O12. The van der Waals surface area contributed by atoms with Gasteiger partial charge in [0.05, 0.1) is 11.3 Å². The van der Waals surface area contributed by atoms with E-state index >= 15 is 0 Å². The third-order valence-corrected chi connectivity index (χ3v) is 9.53. The number of benzene rings is 4. The van der Waals surface area contributed by atoms with Gasteiger partial charge in [-0.05, 0) is 78.4 Å². The van der Waals surface area contributed by atoms with Crippen molar-refractivity contribution in [3.8, 4) is 34.1 Å². The maximum atomic E-state index is 12.3. The minimum absolute atomic E-state index is 0.00324. The van der Waals surface area contributed by atoms with E-state index in [0.29, 0.717) is 23.0 Å². The van der Waals surface area contributed by atoms with Crippen LogP contribution in [-0.2, 0) is 43.5 Å². The highest BCUT2D eigenvalue weighted by Crippen LogP contribution is 2.57. The van der Waals surface area contributed by atoms with Crippen LogP contribution in [0, 0.1) is 5.92 Å². The molecular weight excluding hydrogens is 781 g/mol. The predicted molar refractivity (Wildman–Crippen MR) is 229 cm³/mol. The summed E-state index contributed by atoms with van der Waals surface area (Å²) in [7, 11) is 0. The summed E-state index contributed by atoms with van der Waals surface area (Å²) in [5, 5.41) is 0. The van der Waals surface area contributed by atoms with Gasteiger partial charge in [0.2, 0.25) is 0 Å². The van der Waals surface area contributed by atoms with E-state index in [1.54, 1.807) is 46.8 Å². The van der Waals surface area contributed by atoms with Crippen molar-refractivity contribution in [2.75, 3.05) is 52.9 Å². The van der Waals surface area contributed by atoms with Crippen LogP contribution in [0.15, 0.2) is 121 Å². The standard InChI is InChI=1S/C49H52O12/c1-31(2)45(50)58-25-21-54-41-19-17-35(29-43(41)56-23-27-60-47(52)33(5)6)49(39-15-11-9-13-37(39)38-14-10-12-16-40(38)49)36-18-20-42(55-22-26-59-46(51)32(3)4)44(30-36)57-24-28-61-48(53)34(7)8/h9-20,29-30,34H,1,3,5,21-28H2,2,4,6-8H3. The number of carbonyl (C=O) groups is 4. The van der Waals surface area contributed by atoms with Gasteiger partial charge in [0.25, 0.3) is 0 Å². The van der Waals surface area contributed by atoms with E-state index in [-0.39, 0.29) is 81.5 Å². The van der Waals surface area contributed by atoms with Crippen LogP contribution in [0.2, 0.25) is 0 Å². The molecule has 0 amide bonds. The summed E-state index contributed by atoms with van der Waals surface area (Å²) in [6.45, 7) is 19.1. The smallest absolute Gasteiger partial charge is 0.333 e. The second-order valence-electron chi connectivity index (χ2n) is 14.6. The minimum atomic E-state index is -0.967. The lowest BCUT2D eigenvalue weighted by atomic mass is 9.67. The highest BCUT2D eigenvalue weighted by atomic mass is 16.6. The number of hydrogen-bond donors (Lipinski definition) is 0. The lowest BCUT2D eigenvalue weighted by Gasteiger charge is -2.34. The fourth-order valence-corrected chi connectivity index (χ4v) is 6.66. The van der Waals surface area contributed by atoms with E-state index in [4.69, 9.17) is 37.9 Å². The second-order valence-corrected chi connectivity index (χ2v) is 14.6. The molecule has 0 atom stereocenters. The highest BCUT2D eigenvalue weighted by Gasteiger charge is 2.46. The first-order valence-corrected chi connectivity index (χ1v) is 19.9. The summed E-state index contributed by atoms with van der Waals surface area (Å²) in [6, 6.07) is 27.6. The summed E-state index contributed by atoms with van der Waals surface area (Å²) in [6.07, 6.45) is 0.